The zero-order valence-corrected chi connectivity index (χ0v) is 11.0. The van der Waals surface area contributed by atoms with Crippen LogP contribution >= 0.6 is 0 Å². The topological polar surface area (TPSA) is 75.6 Å². The summed E-state index contributed by atoms with van der Waals surface area (Å²) in [5.74, 6) is -2.52. The van der Waals surface area contributed by atoms with Gasteiger partial charge in [-0.05, 0) is 26.0 Å². The third-order valence-corrected chi connectivity index (χ3v) is 2.70. The largest absolute Gasteiger partial charge is 0.494 e. The number of rotatable bonds is 5. The number of hydrogen-bond acceptors (Lipinski definition) is 3. The molecule has 5 nitrogen and oxygen atoms in total. The van der Waals surface area contributed by atoms with E-state index in [0.29, 0.717) is 0 Å². The van der Waals surface area contributed by atoms with Gasteiger partial charge in [0.25, 0.3) is 5.91 Å². The number of carbonyl (C=O) groups excluding carboxylic acids is 1. The third-order valence-electron chi connectivity index (χ3n) is 2.70. The summed E-state index contributed by atoms with van der Waals surface area (Å²) < 4.78 is 18.6. The van der Waals surface area contributed by atoms with E-state index in [-0.39, 0.29) is 17.9 Å². The third kappa shape index (κ3) is 3.43. The van der Waals surface area contributed by atoms with E-state index in [0.717, 1.165) is 0 Å². The van der Waals surface area contributed by atoms with Crippen LogP contribution in [-0.4, -0.2) is 30.6 Å². The average Bonchev–Trinajstić information content (AvgIpc) is 2.36. The number of benzene rings is 1. The summed E-state index contributed by atoms with van der Waals surface area (Å²) in [6, 6.07) is 4.19. The molecule has 1 aromatic carbocycles. The first-order valence-electron chi connectivity index (χ1n) is 5.63. The maximum atomic E-state index is 13.8. The van der Waals surface area contributed by atoms with Crippen LogP contribution in [0.4, 0.5) is 4.39 Å². The van der Waals surface area contributed by atoms with Crippen molar-refractivity contribution in [2.75, 3.05) is 13.7 Å². The minimum absolute atomic E-state index is 0.0369. The maximum Gasteiger partial charge on any atom is 0.310 e. The van der Waals surface area contributed by atoms with Gasteiger partial charge in [0.15, 0.2) is 11.6 Å². The summed E-state index contributed by atoms with van der Waals surface area (Å²) in [4.78, 5) is 22.7. The average molecular weight is 269 g/mol. The molecule has 0 atom stereocenters. The van der Waals surface area contributed by atoms with Crippen molar-refractivity contribution in [2.24, 2.45) is 5.41 Å². The second-order valence-electron chi connectivity index (χ2n) is 4.69. The Balaban J connectivity index is 2.83. The number of ether oxygens (including phenoxy) is 1. The van der Waals surface area contributed by atoms with E-state index in [4.69, 9.17) is 9.84 Å². The van der Waals surface area contributed by atoms with Crippen LogP contribution < -0.4 is 10.1 Å². The van der Waals surface area contributed by atoms with Crippen molar-refractivity contribution in [1.82, 2.24) is 5.32 Å². The molecule has 0 spiro atoms. The van der Waals surface area contributed by atoms with Crippen molar-refractivity contribution < 1.29 is 23.8 Å². The van der Waals surface area contributed by atoms with Crippen LogP contribution in [0.2, 0.25) is 0 Å². The molecule has 0 saturated heterocycles. The number of aliphatic carboxylic acids is 1. The van der Waals surface area contributed by atoms with Crippen molar-refractivity contribution in [3.63, 3.8) is 0 Å². The predicted octanol–water partition coefficient (Wildman–Crippen LogP) is 1.67. The predicted molar refractivity (Wildman–Crippen MR) is 66.7 cm³/mol. The van der Waals surface area contributed by atoms with Gasteiger partial charge in [0, 0.05) is 6.54 Å². The molecule has 19 heavy (non-hydrogen) atoms. The summed E-state index contributed by atoms with van der Waals surface area (Å²) in [6.07, 6.45) is 0. The van der Waals surface area contributed by atoms with Gasteiger partial charge >= 0.3 is 5.97 Å². The SMILES string of the molecule is COc1cccc(C(=O)NCC(C)(C)C(=O)O)c1F. The summed E-state index contributed by atoms with van der Waals surface area (Å²) in [6.45, 7) is 2.84. The number of halogens is 1. The molecule has 0 saturated carbocycles. The van der Waals surface area contributed by atoms with Crippen LogP contribution in [0.5, 0.6) is 5.75 Å². The Kier molecular flexibility index (Phi) is 4.47. The minimum Gasteiger partial charge on any atom is -0.494 e. The number of methoxy groups -OCH3 is 1. The first kappa shape index (κ1) is 14.9. The van der Waals surface area contributed by atoms with Gasteiger partial charge in [-0.3, -0.25) is 9.59 Å². The number of carboxylic acid groups (broad SMARTS) is 1. The molecule has 0 aliphatic heterocycles. The van der Waals surface area contributed by atoms with E-state index >= 15 is 0 Å². The maximum absolute atomic E-state index is 13.8. The molecule has 0 heterocycles. The van der Waals surface area contributed by atoms with Crippen LogP contribution in [-0.2, 0) is 4.79 Å². The Morgan fingerprint density at radius 3 is 2.58 bits per heavy atom. The molecule has 0 unspecified atom stereocenters. The molecular formula is C13H16FNO4. The van der Waals surface area contributed by atoms with Gasteiger partial charge in [-0.25, -0.2) is 4.39 Å². The van der Waals surface area contributed by atoms with Gasteiger partial charge in [-0.2, -0.15) is 0 Å². The van der Waals surface area contributed by atoms with Crippen molar-refractivity contribution in [1.29, 1.82) is 0 Å². The molecule has 0 bridgehead atoms. The highest BCUT2D eigenvalue weighted by atomic mass is 19.1. The number of carboxylic acids is 1. The van der Waals surface area contributed by atoms with Crippen molar-refractivity contribution in [3.8, 4) is 5.75 Å². The smallest absolute Gasteiger partial charge is 0.310 e. The van der Waals surface area contributed by atoms with Gasteiger partial charge in [-0.15, -0.1) is 0 Å². The lowest BCUT2D eigenvalue weighted by atomic mass is 9.94. The number of nitrogens with one attached hydrogen (secondary N) is 1. The molecule has 0 fully saturated rings. The summed E-state index contributed by atoms with van der Waals surface area (Å²) in [7, 11) is 1.30. The molecule has 1 amide bonds. The normalized spacial score (nSPS) is 10.9. The number of hydrogen-bond donors (Lipinski definition) is 2. The Bertz CT molecular complexity index is 499. The number of amides is 1. The van der Waals surface area contributed by atoms with Crippen LogP contribution in [0, 0.1) is 11.2 Å². The fourth-order valence-corrected chi connectivity index (χ4v) is 1.32. The molecule has 0 aliphatic carbocycles. The summed E-state index contributed by atoms with van der Waals surface area (Å²) in [5.41, 5.74) is -1.30. The van der Waals surface area contributed by atoms with E-state index in [9.17, 15) is 14.0 Å². The van der Waals surface area contributed by atoms with Crippen LogP contribution in [0.3, 0.4) is 0 Å². The van der Waals surface area contributed by atoms with Crippen molar-refractivity contribution >= 4 is 11.9 Å². The Labute approximate surface area is 110 Å². The monoisotopic (exact) mass is 269 g/mol. The quantitative estimate of drug-likeness (QED) is 0.852. The fourth-order valence-electron chi connectivity index (χ4n) is 1.32. The second-order valence-corrected chi connectivity index (χ2v) is 4.69. The van der Waals surface area contributed by atoms with Crippen LogP contribution in [0.25, 0.3) is 0 Å². The lowest BCUT2D eigenvalue weighted by Crippen LogP contribution is -2.39. The van der Waals surface area contributed by atoms with E-state index in [1.807, 2.05) is 0 Å². The summed E-state index contributed by atoms with van der Waals surface area (Å²) >= 11 is 0. The highest BCUT2D eigenvalue weighted by Crippen LogP contribution is 2.20. The van der Waals surface area contributed by atoms with Crippen LogP contribution in [0.1, 0.15) is 24.2 Å². The highest BCUT2D eigenvalue weighted by molar-refractivity contribution is 5.95. The van der Waals surface area contributed by atoms with E-state index in [2.05, 4.69) is 5.32 Å². The Morgan fingerprint density at radius 1 is 1.42 bits per heavy atom. The zero-order chi connectivity index (χ0) is 14.6. The molecular weight excluding hydrogens is 253 g/mol. The summed E-state index contributed by atoms with van der Waals surface area (Å²) in [5, 5.41) is 11.3. The fraction of sp³-hybridized carbons (Fsp3) is 0.385. The van der Waals surface area contributed by atoms with Crippen LogP contribution in [0.15, 0.2) is 18.2 Å². The van der Waals surface area contributed by atoms with E-state index < -0.39 is 23.1 Å². The first-order valence-corrected chi connectivity index (χ1v) is 5.63. The molecule has 1 aromatic rings. The standard InChI is InChI=1S/C13H16FNO4/c1-13(2,12(17)18)7-15-11(16)8-5-4-6-9(19-3)10(8)14/h4-6H,7H2,1-3H3,(H,15,16)(H,17,18). The molecule has 1 rings (SSSR count). The van der Waals surface area contributed by atoms with Gasteiger partial charge < -0.3 is 15.2 Å². The molecule has 0 radical (unpaired) electrons. The molecule has 6 heteroatoms. The molecule has 104 valence electrons. The zero-order valence-electron chi connectivity index (χ0n) is 11.0. The lowest BCUT2D eigenvalue weighted by Gasteiger charge is -2.19. The van der Waals surface area contributed by atoms with E-state index in [1.54, 1.807) is 0 Å². The number of carbonyl (C=O) groups is 2. The Hall–Kier alpha value is -2.11. The minimum atomic E-state index is -1.12. The molecule has 0 aromatic heterocycles. The first-order chi connectivity index (χ1) is 8.79. The van der Waals surface area contributed by atoms with Gasteiger partial charge in [0.2, 0.25) is 0 Å². The van der Waals surface area contributed by atoms with Crippen molar-refractivity contribution in [2.45, 2.75) is 13.8 Å². The van der Waals surface area contributed by atoms with Crippen molar-refractivity contribution in [3.05, 3.63) is 29.6 Å². The molecule has 2 N–H and O–H groups in total. The van der Waals surface area contributed by atoms with Gasteiger partial charge in [0.05, 0.1) is 18.1 Å². The van der Waals surface area contributed by atoms with Gasteiger partial charge in [0.1, 0.15) is 0 Å². The second kappa shape index (κ2) is 5.69. The highest BCUT2D eigenvalue weighted by Gasteiger charge is 2.28. The van der Waals surface area contributed by atoms with Gasteiger partial charge in [-0.1, -0.05) is 6.07 Å². The lowest BCUT2D eigenvalue weighted by molar-refractivity contribution is -0.146. The molecule has 0 aliphatic rings. The Morgan fingerprint density at radius 2 is 2.05 bits per heavy atom. The van der Waals surface area contributed by atoms with E-state index in [1.165, 1.54) is 39.2 Å².